The molecule has 1 aliphatic heterocycles. The van der Waals surface area contributed by atoms with Crippen molar-refractivity contribution in [3.05, 3.63) is 95.8 Å². The molecule has 0 aliphatic carbocycles. The first-order chi connectivity index (χ1) is 13.7. The zero-order valence-electron chi connectivity index (χ0n) is 15.0. The molecular formula is C24H16ClN3. The first-order valence-electron chi connectivity index (χ1n) is 8.98. The average Bonchev–Trinajstić information content (AvgIpc) is 2.73. The summed E-state index contributed by atoms with van der Waals surface area (Å²) in [6.45, 7) is 3.98. The highest BCUT2D eigenvalue weighted by atomic mass is 35.5. The van der Waals surface area contributed by atoms with Crippen LogP contribution >= 0.6 is 11.6 Å². The number of nitrogens with one attached hydrogen (secondary N) is 1. The van der Waals surface area contributed by atoms with Crippen LogP contribution in [0.3, 0.4) is 0 Å². The van der Waals surface area contributed by atoms with Gasteiger partial charge in [0.1, 0.15) is 5.82 Å². The number of hydrogen-bond donors (Lipinski definition) is 1. The topological polar surface area (TPSA) is 37.8 Å². The molecule has 0 atom stereocenters. The Labute approximate surface area is 168 Å². The summed E-state index contributed by atoms with van der Waals surface area (Å²) in [4.78, 5) is 9.33. The molecule has 3 heterocycles. The average molecular weight is 382 g/mol. The van der Waals surface area contributed by atoms with E-state index in [2.05, 4.69) is 41.1 Å². The molecule has 0 radical (unpaired) electrons. The second kappa shape index (κ2) is 6.63. The van der Waals surface area contributed by atoms with Gasteiger partial charge in [-0.05, 0) is 42.0 Å². The predicted molar refractivity (Wildman–Crippen MR) is 117 cm³/mol. The normalized spacial score (nSPS) is 12.7. The number of halogens is 1. The summed E-state index contributed by atoms with van der Waals surface area (Å²) in [5.74, 6) is 0.809. The number of pyridine rings is 2. The maximum atomic E-state index is 6.55. The van der Waals surface area contributed by atoms with Gasteiger partial charge in [-0.15, -0.1) is 0 Å². The van der Waals surface area contributed by atoms with Gasteiger partial charge in [-0.3, -0.25) is 4.98 Å². The van der Waals surface area contributed by atoms with Crippen molar-refractivity contribution in [1.29, 1.82) is 0 Å². The van der Waals surface area contributed by atoms with E-state index in [0.717, 1.165) is 50.4 Å². The minimum atomic E-state index is 0.631. The van der Waals surface area contributed by atoms with E-state index in [1.807, 2.05) is 48.6 Å². The molecule has 2 aromatic carbocycles. The molecule has 0 saturated carbocycles. The van der Waals surface area contributed by atoms with Crippen LogP contribution in [0.2, 0.25) is 5.02 Å². The second-order valence-electron chi connectivity index (χ2n) is 6.71. The molecule has 4 heteroatoms. The molecule has 0 bridgehead atoms. The van der Waals surface area contributed by atoms with Gasteiger partial charge in [-0.25, -0.2) is 4.98 Å². The third-order valence-electron chi connectivity index (χ3n) is 4.81. The minimum Gasteiger partial charge on any atom is -0.340 e. The van der Waals surface area contributed by atoms with Crippen LogP contribution < -0.4 is 5.32 Å². The predicted octanol–water partition coefficient (Wildman–Crippen LogP) is 6.57. The van der Waals surface area contributed by atoms with E-state index in [1.54, 1.807) is 6.20 Å². The number of fused-ring (bicyclic) bond motifs is 2. The molecule has 3 nitrogen and oxygen atoms in total. The lowest BCUT2D eigenvalue weighted by atomic mass is 9.95. The monoisotopic (exact) mass is 381 g/mol. The standard InChI is InChI=1S/C24H16ClN3/c1-15-9-10-18-13-20(19-12-17-8-5-11-26-23(17)21(25)14-19)22(28-24(18)27-15)16-6-3-2-4-7-16/h2-14H,1H2,(H,27,28). The number of hydrogen-bond acceptors (Lipinski definition) is 3. The Morgan fingerprint density at radius 1 is 0.893 bits per heavy atom. The van der Waals surface area contributed by atoms with Crippen LogP contribution in [0.4, 0.5) is 5.82 Å². The summed E-state index contributed by atoms with van der Waals surface area (Å²) in [5, 5.41) is 4.90. The summed E-state index contributed by atoms with van der Waals surface area (Å²) >= 11 is 6.55. The SMILES string of the molecule is C=C1C=Cc2cc(-c3cc(Cl)c4ncccc4c3)c(-c3ccccc3)nc2N1. The zero-order chi connectivity index (χ0) is 19.1. The third kappa shape index (κ3) is 2.86. The Hall–Kier alpha value is -3.43. The largest absolute Gasteiger partial charge is 0.340 e. The quantitative estimate of drug-likeness (QED) is 0.426. The van der Waals surface area contributed by atoms with Crippen LogP contribution in [0, 0.1) is 0 Å². The van der Waals surface area contributed by atoms with Gasteiger partial charge in [-0.1, -0.05) is 54.6 Å². The van der Waals surface area contributed by atoms with E-state index in [9.17, 15) is 0 Å². The van der Waals surface area contributed by atoms with Gasteiger partial charge in [0.05, 0.1) is 16.2 Å². The van der Waals surface area contributed by atoms with Crippen molar-refractivity contribution in [3.63, 3.8) is 0 Å². The fraction of sp³-hybridized carbons (Fsp3) is 0. The van der Waals surface area contributed by atoms with Gasteiger partial charge in [0.15, 0.2) is 0 Å². The number of benzene rings is 2. The number of anilines is 1. The first-order valence-corrected chi connectivity index (χ1v) is 9.36. The Morgan fingerprint density at radius 3 is 2.61 bits per heavy atom. The van der Waals surface area contributed by atoms with Crippen molar-refractivity contribution in [3.8, 4) is 22.4 Å². The molecule has 0 unspecified atom stereocenters. The van der Waals surface area contributed by atoms with Crippen LogP contribution in [0.25, 0.3) is 39.4 Å². The van der Waals surface area contributed by atoms with E-state index in [-0.39, 0.29) is 0 Å². The highest BCUT2D eigenvalue weighted by Gasteiger charge is 2.17. The minimum absolute atomic E-state index is 0.631. The van der Waals surface area contributed by atoms with E-state index in [4.69, 9.17) is 16.6 Å². The first kappa shape index (κ1) is 16.7. The van der Waals surface area contributed by atoms with Crippen molar-refractivity contribution in [1.82, 2.24) is 9.97 Å². The van der Waals surface area contributed by atoms with Gasteiger partial charge in [0.25, 0.3) is 0 Å². The van der Waals surface area contributed by atoms with Crippen LogP contribution in [-0.2, 0) is 0 Å². The van der Waals surface area contributed by atoms with Crippen LogP contribution in [0.15, 0.2) is 85.2 Å². The molecule has 134 valence electrons. The number of nitrogens with zero attached hydrogens (tertiary/aromatic N) is 2. The maximum absolute atomic E-state index is 6.55. The zero-order valence-corrected chi connectivity index (χ0v) is 15.7. The lowest BCUT2D eigenvalue weighted by Gasteiger charge is -2.19. The smallest absolute Gasteiger partial charge is 0.138 e. The molecule has 1 aliphatic rings. The fourth-order valence-electron chi connectivity index (χ4n) is 3.48. The van der Waals surface area contributed by atoms with Gasteiger partial charge < -0.3 is 5.32 Å². The fourth-order valence-corrected chi connectivity index (χ4v) is 3.76. The van der Waals surface area contributed by atoms with Crippen molar-refractivity contribution >= 4 is 34.4 Å². The van der Waals surface area contributed by atoms with Gasteiger partial charge in [0.2, 0.25) is 0 Å². The number of aromatic nitrogens is 2. The lowest BCUT2D eigenvalue weighted by Crippen LogP contribution is -2.06. The van der Waals surface area contributed by atoms with E-state index in [0.29, 0.717) is 5.02 Å². The van der Waals surface area contributed by atoms with Gasteiger partial charge in [-0.2, -0.15) is 0 Å². The molecular weight excluding hydrogens is 366 g/mol. The molecule has 0 spiro atoms. The summed E-state index contributed by atoms with van der Waals surface area (Å²) in [6.07, 6.45) is 5.74. The Bertz CT molecular complexity index is 1260. The molecule has 1 N–H and O–H groups in total. The maximum Gasteiger partial charge on any atom is 0.138 e. The molecule has 5 rings (SSSR count). The molecule has 28 heavy (non-hydrogen) atoms. The van der Waals surface area contributed by atoms with E-state index >= 15 is 0 Å². The van der Waals surface area contributed by atoms with Crippen LogP contribution in [0.5, 0.6) is 0 Å². The lowest BCUT2D eigenvalue weighted by molar-refractivity contribution is 1.27. The number of rotatable bonds is 2. The summed E-state index contributed by atoms with van der Waals surface area (Å²) in [7, 11) is 0. The van der Waals surface area contributed by atoms with E-state index < -0.39 is 0 Å². The van der Waals surface area contributed by atoms with E-state index in [1.165, 1.54) is 0 Å². The van der Waals surface area contributed by atoms with Crippen molar-refractivity contribution < 1.29 is 0 Å². The molecule has 0 amide bonds. The van der Waals surface area contributed by atoms with Gasteiger partial charge >= 0.3 is 0 Å². The molecule has 2 aromatic heterocycles. The number of allylic oxidation sites excluding steroid dienone is 1. The second-order valence-corrected chi connectivity index (χ2v) is 7.11. The molecule has 0 fully saturated rings. The Balaban J connectivity index is 1.80. The Kier molecular flexibility index (Phi) is 3.96. The molecule has 0 saturated heterocycles. The summed E-state index contributed by atoms with van der Waals surface area (Å²) in [5.41, 5.74) is 6.63. The summed E-state index contributed by atoms with van der Waals surface area (Å²) < 4.78 is 0. The van der Waals surface area contributed by atoms with Crippen LogP contribution in [0.1, 0.15) is 5.56 Å². The van der Waals surface area contributed by atoms with Crippen molar-refractivity contribution in [2.75, 3.05) is 5.32 Å². The van der Waals surface area contributed by atoms with Crippen LogP contribution in [-0.4, -0.2) is 9.97 Å². The summed E-state index contributed by atoms with van der Waals surface area (Å²) in [6, 6.07) is 20.3. The molecule has 4 aromatic rings. The highest BCUT2D eigenvalue weighted by molar-refractivity contribution is 6.35. The Morgan fingerprint density at radius 2 is 1.75 bits per heavy atom. The van der Waals surface area contributed by atoms with Crippen molar-refractivity contribution in [2.45, 2.75) is 0 Å². The third-order valence-corrected chi connectivity index (χ3v) is 5.10. The van der Waals surface area contributed by atoms with Crippen molar-refractivity contribution in [2.24, 2.45) is 0 Å². The highest BCUT2D eigenvalue weighted by Crippen LogP contribution is 2.38. The van der Waals surface area contributed by atoms with Gasteiger partial charge in [0, 0.05) is 34.0 Å².